The minimum atomic E-state index is -0.702. The van der Waals surface area contributed by atoms with Crippen LogP contribution in [0.1, 0.15) is 23.3 Å². The van der Waals surface area contributed by atoms with Crippen LogP contribution in [0.3, 0.4) is 0 Å². The molecule has 1 atom stereocenters. The predicted octanol–water partition coefficient (Wildman–Crippen LogP) is 1.51. The van der Waals surface area contributed by atoms with Crippen molar-refractivity contribution in [2.75, 3.05) is 6.54 Å². The summed E-state index contributed by atoms with van der Waals surface area (Å²) in [6.45, 7) is 2.59. The molecule has 2 aromatic heterocycles. The average molecular weight is 248 g/mol. The Bertz CT molecular complexity index is 497. The lowest BCUT2D eigenvalue weighted by atomic mass is 10.2. The van der Waals surface area contributed by atoms with Crippen molar-refractivity contribution >= 4 is 0 Å². The summed E-state index contributed by atoms with van der Waals surface area (Å²) >= 11 is 0. The summed E-state index contributed by atoms with van der Waals surface area (Å²) in [4.78, 5) is 4.21. The number of aryl methyl sites for hydroxylation is 1. The first kappa shape index (κ1) is 12.6. The van der Waals surface area contributed by atoms with Crippen molar-refractivity contribution < 1.29 is 14.6 Å². The predicted molar refractivity (Wildman–Crippen MR) is 66.0 cm³/mol. The first-order valence-corrected chi connectivity index (χ1v) is 5.74. The molecule has 0 bridgehead atoms. The number of aliphatic hydroxyl groups excluding tert-OH is 1. The maximum atomic E-state index is 9.77. The van der Waals surface area contributed by atoms with Gasteiger partial charge in [0.2, 0.25) is 0 Å². The smallest absolute Gasteiger partial charge is 0.138 e. The molecule has 0 amide bonds. The molecule has 0 aromatic carbocycles. The van der Waals surface area contributed by atoms with Gasteiger partial charge in [0.15, 0.2) is 0 Å². The molecule has 5 heteroatoms. The van der Waals surface area contributed by atoms with Crippen LogP contribution in [0, 0.1) is 6.92 Å². The maximum Gasteiger partial charge on any atom is 0.138 e. The number of aromatic nitrogens is 1. The molecule has 96 valence electrons. The Morgan fingerprint density at radius 2 is 2.22 bits per heavy atom. The lowest BCUT2D eigenvalue weighted by Crippen LogP contribution is -2.21. The van der Waals surface area contributed by atoms with Crippen molar-refractivity contribution in [2.45, 2.75) is 19.6 Å². The fraction of sp³-hybridized carbons (Fsp3) is 0.308. The Hall–Kier alpha value is -1.85. The Morgan fingerprint density at radius 1 is 1.39 bits per heavy atom. The van der Waals surface area contributed by atoms with E-state index in [1.165, 1.54) is 6.26 Å². The van der Waals surface area contributed by atoms with Gasteiger partial charge in [-0.2, -0.15) is 0 Å². The summed E-state index contributed by atoms with van der Waals surface area (Å²) in [5.74, 6) is 0.671. The highest BCUT2D eigenvalue weighted by molar-refractivity contribution is 5.27. The van der Waals surface area contributed by atoms with E-state index < -0.39 is 6.10 Å². The molecule has 0 aliphatic heterocycles. The highest BCUT2D eigenvalue weighted by atomic mass is 16.4. The quantitative estimate of drug-likeness (QED) is 0.747. The number of nitrogens with one attached hydrogen (secondary N) is 1. The van der Waals surface area contributed by atoms with E-state index in [1.807, 2.05) is 6.92 Å². The lowest BCUT2D eigenvalue weighted by molar-refractivity contribution is 0.147. The van der Waals surface area contributed by atoms with Gasteiger partial charge in [-0.1, -0.05) is 0 Å². The summed E-state index contributed by atoms with van der Waals surface area (Å²) in [6.07, 6.45) is 0.818. The zero-order valence-electron chi connectivity index (χ0n) is 10.1. The minimum absolute atomic E-state index is 0.153. The van der Waals surface area contributed by atoms with Gasteiger partial charge < -0.3 is 19.9 Å². The van der Waals surface area contributed by atoms with E-state index in [1.54, 1.807) is 24.3 Å². The van der Waals surface area contributed by atoms with Gasteiger partial charge in [-0.05, 0) is 31.2 Å². The number of rotatable bonds is 5. The van der Waals surface area contributed by atoms with Crippen molar-refractivity contribution in [2.24, 2.45) is 0 Å². The van der Waals surface area contributed by atoms with Crippen LogP contribution in [0.15, 0.2) is 34.9 Å². The van der Waals surface area contributed by atoms with Crippen LogP contribution >= 0.6 is 0 Å². The van der Waals surface area contributed by atoms with Crippen molar-refractivity contribution in [1.82, 2.24) is 10.3 Å². The monoisotopic (exact) mass is 248 g/mol. The molecule has 1 unspecified atom stereocenters. The highest BCUT2D eigenvalue weighted by Gasteiger charge is 2.10. The summed E-state index contributed by atoms with van der Waals surface area (Å²) < 4.78 is 5.09. The molecule has 0 saturated carbocycles. The van der Waals surface area contributed by atoms with E-state index in [9.17, 15) is 10.2 Å². The standard InChI is InChI=1S/C13H16N2O3/c1-9-4-5-11(16)10(15-9)7-14-8-12(17)13-3-2-6-18-13/h2-6,12,14,16-17H,7-8H2,1H3. The van der Waals surface area contributed by atoms with Crippen LogP contribution in [-0.2, 0) is 6.54 Å². The van der Waals surface area contributed by atoms with Gasteiger partial charge in [0.1, 0.15) is 17.6 Å². The molecule has 0 aliphatic carbocycles. The van der Waals surface area contributed by atoms with Crippen molar-refractivity contribution in [3.05, 3.63) is 47.7 Å². The van der Waals surface area contributed by atoms with E-state index in [0.717, 1.165) is 5.69 Å². The molecule has 0 radical (unpaired) electrons. The number of nitrogens with zero attached hydrogens (tertiary/aromatic N) is 1. The van der Waals surface area contributed by atoms with E-state index in [0.29, 0.717) is 24.5 Å². The van der Waals surface area contributed by atoms with Crippen molar-refractivity contribution in [3.8, 4) is 5.75 Å². The number of aliphatic hydroxyl groups is 1. The molecule has 18 heavy (non-hydrogen) atoms. The number of pyridine rings is 1. The molecular formula is C13H16N2O3. The van der Waals surface area contributed by atoms with Gasteiger partial charge in [0.05, 0.1) is 12.0 Å². The molecule has 0 fully saturated rings. The lowest BCUT2D eigenvalue weighted by Gasteiger charge is -2.10. The third kappa shape index (κ3) is 3.09. The zero-order valence-corrected chi connectivity index (χ0v) is 10.1. The Balaban J connectivity index is 1.87. The summed E-state index contributed by atoms with van der Waals surface area (Å²) in [6, 6.07) is 6.81. The molecular weight excluding hydrogens is 232 g/mol. The summed E-state index contributed by atoms with van der Waals surface area (Å²) in [5, 5.41) is 22.4. The first-order valence-electron chi connectivity index (χ1n) is 5.74. The second kappa shape index (κ2) is 5.66. The third-order valence-electron chi connectivity index (χ3n) is 2.59. The number of hydrogen-bond donors (Lipinski definition) is 3. The average Bonchev–Trinajstić information content (AvgIpc) is 2.87. The third-order valence-corrected chi connectivity index (χ3v) is 2.59. The molecule has 2 aromatic rings. The minimum Gasteiger partial charge on any atom is -0.506 e. The molecule has 0 spiro atoms. The number of furan rings is 1. The maximum absolute atomic E-state index is 9.77. The second-order valence-corrected chi connectivity index (χ2v) is 4.08. The van der Waals surface area contributed by atoms with Crippen LogP contribution in [-0.4, -0.2) is 21.7 Å². The number of aromatic hydroxyl groups is 1. The van der Waals surface area contributed by atoms with Crippen LogP contribution in [0.25, 0.3) is 0 Å². The van der Waals surface area contributed by atoms with E-state index >= 15 is 0 Å². The summed E-state index contributed by atoms with van der Waals surface area (Å²) in [5.41, 5.74) is 1.41. The van der Waals surface area contributed by atoms with E-state index in [-0.39, 0.29) is 5.75 Å². The van der Waals surface area contributed by atoms with E-state index in [2.05, 4.69) is 10.3 Å². The van der Waals surface area contributed by atoms with Gasteiger partial charge in [-0.15, -0.1) is 0 Å². The number of hydrogen-bond acceptors (Lipinski definition) is 5. The van der Waals surface area contributed by atoms with Gasteiger partial charge in [-0.25, -0.2) is 0 Å². The highest BCUT2D eigenvalue weighted by Crippen LogP contribution is 2.15. The van der Waals surface area contributed by atoms with Crippen LogP contribution in [0.4, 0.5) is 0 Å². The SMILES string of the molecule is Cc1ccc(O)c(CNCC(O)c2ccco2)n1. The Morgan fingerprint density at radius 3 is 2.94 bits per heavy atom. The topological polar surface area (TPSA) is 78.5 Å². The van der Waals surface area contributed by atoms with Gasteiger partial charge in [-0.3, -0.25) is 4.98 Å². The summed E-state index contributed by atoms with van der Waals surface area (Å²) in [7, 11) is 0. The fourth-order valence-electron chi connectivity index (χ4n) is 1.64. The van der Waals surface area contributed by atoms with Gasteiger partial charge >= 0.3 is 0 Å². The molecule has 3 N–H and O–H groups in total. The molecule has 0 aliphatic rings. The van der Waals surface area contributed by atoms with Crippen LogP contribution < -0.4 is 5.32 Å². The molecule has 2 rings (SSSR count). The fourth-order valence-corrected chi connectivity index (χ4v) is 1.64. The van der Waals surface area contributed by atoms with Crippen molar-refractivity contribution in [3.63, 3.8) is 0 Å². The zero-order chi connectivity index (χ0) is 13.0. The van der Waals surface area contributed by atoms with Crippen molar-refractivity contribution in [1.29, 1.82) is 0 Å². The van der Waals surface area contributed by atoms with Gasteiger partial charge in [0, 0.05) is 18.8 Å². The van der Waals surface area contributed by atoms with Gasteiger partial charge in [0.25, 0.3) is 0 Å². The van der Waals surface area contributed by atoms with E-state index in [4.69, 9.17) is 4.42 Å². The second-order valence-electron chi connectivity index (χ2n) is 4.08. The first-order chi connectivity index (χ1) is 8.66. The Labute approximate surface area is 105 Å². The normalized spacial score (nSPS) is 12.6. The van der Waals surface area contributed by atoms with Crippen LogP contribution in [0.2, 0.25) is 0 Å². The molecule has 2 heterocycles. The largest absolute Gasteiger partial charge is 0.506 e. The Kier molecular flexibility index (Phi) is 3.96. The molecule has 5 nitrogen and oxygen atoms in total. The van der Waals surface area contributed by atoms with Crippen LogP contribution in [0.5, 0.6) is 5.75 Å². The molecule has 0 saturated heterocycles.